The molecule has 0 atom stereocenters. The van der Waals surface area contributed by atoms with Crippen LogP contribution < -0.4 is 14.9 Å². The fraction of sp³-hybridized carbons (Fsp3) is 0.125. The van der Waals surface area contributed by atoms with Gasteiger partial charge in [-0.3, -0.25) is 20.3 Å². The average molecular weight is 446 g/mol. The molecule has 0 aliphatic heterocycles. The van der Waals surface area contributed by atoms with Crippen molar-refractivity contribution in [3.8, 4) is 11.5 Å². The zero-order chi connectivity index (χ0) is 23.8. The third-order valence-electron chi connectivity index (χ3n) is 4.64. The molecule has 1 N–H and O–H groups in total. The maximum Gasteiger partial charge on any atom is 0.269 e. The van der Waals surface area contributed by atoms with Crippen molar-refractivity contribution in [3.63, 3.8) is 0 Å². The summed E-state index contributed by atoms with van der Waals surface area (Å²) in [7, 11) is 3.07. The highest BCUT2D eigenvalue weighted by Crippen LogP contribution is 2.31. The molecule has 0 bridgehead atoms. The maximum absolute atomic E-state index is 13.2. The van der Waals surface area contributed by atoms with E-state index in [0.717, 1.165) is 0 Å². The van der Waals surface area contributed by atoms with Gasteiger partial charge in [-0.05, 0) is 31.2 Å². The number of rotatable bonds is 9. The Hall–Kier alpha value is -4.53. The van der Waals surface area contributed by atoms with Gasteiger partial charge >= 0.3 is 0 Å². The van der Waals surface area contributed by atoms with E-state index in [1.54, 1.807) is 56.5 Å². The number of carbonyl (C=O) groups is 1. The van der Waals surface area contributed by atoms with E-state index in [4.69, 9.17) is 9.47 Å². The highest BCUT2D eigenvalue weighted by molar-refractivity contribution is 6.70. The number of anilines is 1. The van der Waals surface area contributed by atoms with E-state index in [9.17, 15) is 14.9 Å². The number of nitro groups is 1. The Morgan fingerprint density at radius 3 is 2.27 bits per heavy atom. The molecular formula is C24H22N4O5. The van der Waals surface area contributed by atoms with Gasteiger partial charge in [0.2, 0.25) is 5.78 Å². The van der Waals surface area contributed by atoms with Crippen molar-refractivity contribution in [2.75, 3.05) is 19.6 Å². The second-order valence-electron chi connectivity index (χ2n) is 6.81. The molecule has 3 rings (SSSR count). The van der Waals surface area contributed by atoms with Gasteiger partial charge in [0.1, 0.15) is 17.2 Å². The van der Waals surface area contributed by atoms with E-state index in [2.05, 4.69) is 15.5 Å². The Labute approximate surface area is 190 Å². The van der Waals surface area contributed by atoms with Crippen molar-refractivity contribution >= 4 is 34.3 Å². The smallest absolute Gasteiger partial charge is 0.269 e. The Morgan fingerprint density at radius 1 is 0.970 bits per heavy atom. The highest BCUT2D eigenvalue weighted by Gasteiger charge is 2.18. The summed E-state index contributed by atoms with van der Waals surface area (Å²) in [6.07, 6.45) is 0. The van der Waals surface area contributed by atoms with Gasteiger partial charge in [0.15, 0.2) is 5.71 Å². The lowest BCUT2D eigenvalue weighted by atomic mass is 10.0. The molecule has 0 spiro atoms. The summed E-state index contributed by atoms with van der Waals surface area (Å²) in [6, 6.07) is 19.5. The number of hydrogen-bond donors (Lipinski definition) is 1. The molecule has 0 saturated carbocycles. The minimum absolute atomic E-state index is 0.0468. The fourth-order valence-electron chi connectivity index (χ4n) is 2.91. The van der Waals surface area contributed by atoms with Gasteiger partial charge in [-0.2, -0.15) is 5.10 Å². The number of hydrazone groups is 1. The monoisotopic (exact) mass is 446 g/mol. The lowest BCUT2D eigenvalue weighted by Crippen LogP contribution is -2.23. The fourth-order valence-corrected chi connectivity index (χ4v) is 2.91. The Bertz CT molecular complexity index is 1210. The van der Waals surface area contributed by atoms with Crippen LogP contribution in [0.3, 0.4) is 0 Å². The normalized spacial score (nSPS) is 11.6. The molecule has 3 aromatic rings. The molecular weight excluding hydrogens is 424 g/mol. The predicted octanol–water partition coefficient (Wildman–Crippen LogP) is 5.06. The molecule has 3 aromatic carbocycles. The van der Waals surface area contributed by atoms with Gasteiger partial charge in [0.25, 0.3) is 5.69 Å². The van der Waals surface area contributed by atoms with Crippen molar-refractivity contribution in [1.29, 1.82) is 0 Å². The Morgan fingerprint density at radius 2 is 1.67 bits per heavy atom. The number of aliphatic imine (C=N–C) groups is 1. The minimum atomic E-state index is -0.490. The van der Waals surface area contributed by atoms with Crippen LogP contribution in [0.15, 0.2) is 82.9 Å². The first kappa shape index (κ1) is 23.1. The summed E-state index contributed by atoms with van der Waals surface area (Å²) in [5, 5.41) is 15.1. The molecule has 9 heteroatoms. The zero-order valence-corrected chi connectivity index (χ0v) is 18.3. The second-order valence-corrected chi connectivity index (χ2v) is 6.81. The third kappa shape index (κ3) is 5.79. The molecule has 33 heavy (non-hydrogen) atoms. The molecule has 0 radical (unpaired) electrons. The Balaban J connectivity index is 1.99. The van der Waals surface area contributed by atoms with E-state index < -0.39 is 4.92 Å². The van der Waals surface area contributed by atoms with Crippen LogP contribution in [0.4, 0.5) is 17.1 Å². The van der Waals surface area contributed by atoms with Crippen molar-refractivity contribution < 1.29 is 19.2 Å². The van der Waals surface area contributed by atoms with Crippen LogP contribution in [0.2, 0.25) is 0 Å². The first-order chi connectivity index (χ1) is 15.9. The van der Waals surface area contributed by atoms with E-state index >= 15 is 0 Å². The van der Waals surface area contributed by atoms with Crippen LogP contribution >= 0.6 is 0 Å². The zero-order valence-electron chi connectivity index (χ0n) is 18.3. The predicted molar refractivity (Wildman–Crippen MR) is 127 cm³/mol. The van der Waals surface area contributed by atoms with Crippen LogP contribution in [-0.4, -0.2) is 36.3 Å². The standard InChI is InChI=1S/C24H22N4O5/c1-16(25-21-14-13-20(32-2)15-22(21)33-3)23(24(29)17-7-5-4-6-8-17)27-26-18-9-11-19(12-10-18)28(30)31/h4-15,26H,1-3H3/b25-16?,27-23+. The number of ether oxygens (including phenoxy) is 2. The molecule has 0 unspecified atom stereocenters. The lowest BCUT2D eigenvalue weighted by Gasteiger charge is -2.10. The summed E-state index contributed by atoms with van der Waals surface area (Å²) in [6.45, 7) is 1.67. The van der Waals surface area contributed by atoms with Gasteiger partial charge in [-0.15, -0.1) is 0 Å². The molecule has 0 aliphatic rings. The lowest BCUT2D eigenvalue weighted by molar-refractivity contribution is -0.384. The van der Waals surface area contributed by atoms with Crippen molar-refractivity contribution in [2.45, 2.75) is 6.92 Å². The van der Waals surface area contributed by atoms with Crippen molar-refractivity contribution in [3.05, 3.63) is 88.5 Å². The topological polar surface area (TPSA) is 115 Å². The van der Waals surface area contributed by atoms with Gasteiger partial charge in [-0.25, -0.2) is 4.99 Å². The molecule has 168 valence electrons. The molecule has 0 amide bonds. The summed E-state index contributed by atoms with van der Waals surface area (Å²) in [5.41, 5.74) is 4.59. The summed E-state index contributed by atoms with van der Waals surface area (Å²) >= 11 is 0. The summed E-state index contributed by atoms with van der Waals surface area (Å²) in [4.78, 5) is 28.1. The molecule has 0 saturated heterocycles. The van der Waals surface area contributed by atoms with Crippen LogP contribution in [0, 0.1) is 10.1 Å². The number of methoxy groups -OCH3 is 2. The minimum Gasteiger partial charge on any atom is -0.497 e. The third-order valence-corrected chi connectivity index (χ3v) is 4.64. The van der Waals surface area contributed by atoms with Crippen molar-refractivity contribution in [1.82, 2.24) is 0 Å². The van der Waals surface area contributed by atoms with Crippen LogP contribution in [0.5, 0.6) is 11.5 Å². The van der Waals surface area contributed by atoms with E-state index in [-0.39, 0.29) is 17.2 Å². The number of ketones is 1. The molecule has 0 aromatic heterocycles. The molecule has 0 heterocycles. The van der Waals surface area contributed by atoms with Gasteiger partial charge in [-0.1, -0.05) is 30.3 Å². The van der Waals surface area contributed by atoms with E-state index in [0.29, 0.717) is 34.1 Å². The van der Waals surface area contributed by atoms with Crippen LogP contribution in [0.1, 0.15) is 17.3 Å². The quantitative estimate of drug-likeness (QED) is 0.213. The second kappa shape index (κ2) is 10.7. The average Bonchev–Trinajstić information content (AvgIpc) is 2.85. The Kier molecular flexibility index (Phi) is 7.48. The first-order valence-electron chi connectivity index (χ1n) is 9.88. The number of non-ortho nitro benzene ring substituents is 1. The largest absolute Gasteiger partial charge is 0.497 e. The van der Waals surface area contributed by atoms with E-state index in [1.165, 1.54) is 31.4 Å². The number of nitrogens with one attached hydrogen (secondary N) is 1. The first-order valence-corrected chi connectivity index (χ1v) is 9.88. The number of benzene rings is 3. The molecule has 9 nitrogen and oxygen atoms in total. The van der Waals surface area contributed by atoms with Gasteiger partial charge < -0.3 is 9.47 Å². The van der Waals surface area contributed by atoms with Crippen molar-refractivity contribution in [2.24, 2.45) is 10.1 Å². The van der Waals surface area contributed by atoms with E-state index in [1.807, 2.05) is 6.07 Å². The molecule has 0 fully saturated rings. The van der Waals surface area contributed by atoms with Gasteiger partial charge in [0, 0.05) is 23.8 Å². The highest BCUT2D eigenvalue weighted by atomic mass is 16.6. The maximum atomic E-state index is 13.2. The molecule has 0 aliphatic carbocycles. The van der Waals surface area contributed by atoms with Crippen LogP contribution in [-0.2, 0) is 0 Å². The van der Waals surface area contributed by atoms with Gasteiger partial charge in [0.05, 0.1) is 30.5 Å². The summed E-state index contributed by atoms with van der Waals surface area (Å²) in [5.74, 6) is 0.750. The number of nitro benzene ring substituents is 1. The summed E-state index contributed by atoms with van der Waals surface area (Å²) < 4.78 is 10.6. The number of nitrogens with zero attached hydrogens (tertiary/aromatic N) is 3. The number of hydrogen-bond acceptors (Lipinski definition) is 8. The van der Waals surface area contributed by atoms with Crippen LogP contribution in [0.25, 0.3) is 0 Å². The SMILES string of the molecule is COc1ccc(N=C(C)/C(=N\Nc2ccc([N+](=O)[O-])cc2)C(=O)c2ccccc2)c(OC)c1. The number of carbonyl (C=O) groups excluding carboxylic acids is 1. The number of Topliss-reactive ketones (excluding diaryl/α,β-unsaturated/α-hetero) is 1.